The third kappa shape index (κ3) is 2.76. The molecular formula is C18H19F2NO. The molecule has 0 spiro atoms. The lowest BCUT2D eigenvalue weighted by Crippen LogP contribution is -2.31. The van der Waals surface area contributed by atoms with E-state index in [1.54, 1.807) is 19.2 Å². The molecule has 1 aliphatic carbocycles. The van der Waals surface area contributed by atoms with Gasteiger partial charge in [0.25, 0.3) is 0 Å². The predicted octanol–water partition coefficient (Wildman–Crippen LogP) is 2.78. The van der Waals surface area contributed by atoms with Gasteiger partial charge < -0.3 is 10.4 Å². The fourth-order valence-corrected chi connectivity index (χ4v) is 3.34. The van der Waals surface area contributed by atoms with Crippen LogP contribution in [0.4, 0.5) is 8.78 Å². The molecule has 0 heterocycles. The highest BCUT2D eigenvalue weighted by molar-refractivity contribution is 5.46. The molecule has 0 saturated carbocycles. The third-order valence-electron chi connectivity index (χ3n) is 4.35. The minimum absolute atomic E-state index is 0.333. The van der Waals surface area contributed by atoms with Gasteiger partial charge in [-0.15, -0.1) is 0 Å². The van der Waals surface area contributed by atoms with Crippen LogP contribution in [-0.2, 0) is 12.8 Å². The Bertz CT molecular complexity index is 633. The Labute approximate surface area is 128 Å². The number of hydrogen-bond donors (Lipinski definition) is 2. The third-order valence-corrected chi connectivity index (χ3v) is 4.35. The first-order valence-corrected chi connectivity index (χ1v) is 7.49. The second-order valence-corrected chi connectivity index (χ2v) is 5.79. The smallest absolute Gasteiger partial charge is 0.123 e. The summed E-state index contributed by atoms with van der Waals surface area (Å²) in [5, 5.41) is 13.5. The molecule has 0 aliphatic heterocycles. The fourth-order valence-electron chi connectivity index (χ4n) is 3.34. The molecule has 2 nitrogen and oxygen atoms in total. The van der Waals surface area contributed by atoms with E-state index in [1.165, 1.54) is 24.3 Å². The molecule has 4 heteroatoms. The molecule has 2 aromatic carbocycles. The standard InChI is InChI=1S/C18H19F2NO/c1-21-10-17(22)18-15-8-13(19)6-4-11(15)2-3-12-5-7-14(20)9-16(12)18/h4-9,17-18,21-22H,2-3,10H2,1H3. The van der Waals surface area contributed by atoms with Crippen molar-refractivity contribution in [3.05, 3.63) is 70.3 Å². The summed E-state index contributed by atoms with van der Waals surface area (Å²) in [6.45, 7) is 0.358. The Hall–Kier alpha value is -1.78. The number of benzene rings is 2. The van der Waals surface area contributed by atoms with Gasteiger partial charge in [-0.05, 0) is 66.4 Å². The molecule has 0 aromatic heterocycles. The van der Waals surface area contributed by atoms with Crippen molar-refractivity contribution in [3.63, 3.8) is 0 Å². The van der Waals surface area contributed by atoms with Crippen LogP contribution in [0.15, 0.2) is 36.4 Å². The van der Waals surface area contributed by atoms with Gasteiger partial charge in [0.05, 0.1) is 6.10 Å². The average molecular weight is 303 g/mol. The first-order valence-electron chi connectivity index (χ1n) is 7.49. The molecule has 0 radical (unpaired) electrons. The van der Waals surface area contributed by atoms with Crippen LogP contribution < -0.4 is 5.32 Å². The van der Waals surface area contributed by atoms with Crippen molar-refractivity contribution in [2.24, 2.45) is 0 Å². The zero-order chi connectivity index (χ0) is 15.7. The molecule has 116 valence electrons. The van der Waals surface area contributed by atoms with Gasteiger partial charge in [0.2, 0.25) is 0 Å². The van der Waals surface area contributed by atoms with Gasteiger partial charge in [0.1, 0.15) is 11.6 Å². The summed E-state index contributed by atoms with van der Waals surface area (Å²) in [7, 11) is 1.75. The highest BCUT2D eigenvalue weighted by atomic mass is 19.1. The summed E-state index contributed by atoms with van der Waals surface area (Å²) < 4.78 is 27.5. The molecule has 1 aliphatic rings. The molecule has 2 aromatic rings. The zero-order valence-electron chi connectivity index (χ0n) is 12.4. The van der Waals surface area contributed by atoms with Crippen LogP contribution in [0.3, 0.4) is 0 Å². The van der Waals surface area contributed by atoms with Gasteiger partial charge in [0.15, 0.2) is 0 Å². The molecule has 2 N–H and O–H groups in total. The summed E-state index contributed by atoms with van der Waals surface area (Å²) in [6, 6.07) is 9.36. The van der Waals surface area contributed by atoms with Crippen molar-refractivity contribution in [3.8, 4) is 0 Å². The number of aryl methyl sites for hydroxylation is 2. The summed E-state index contributed by atoms with van der Waals surface area (Å²) >= 11 is 0. The minimum atomic E-state index is -0.746. The summed E-state index contributed by atoms with van der Waals surface area (Å²) in [4.78, 5) is 0. The maximum Gasteiger partial charge on any atom is 0.123 e. The topological polar surface area (TPSA) is 32.3 Å². The zero-order valence-corrected chi connectivity index (χ0v) is 12.4. The quantitative estimate of drug-likeness (QED) is 0.914. The summed E-state index contributed by atoms with van der Waals surface area (Å²) in [5.74, 6) is -1.09. The Morgan fingerprint density at radius 2 is 1.55 bits per heavy atom. The second kappa shape index (κ2) is 6.15. The van der Waals surface area contributed by atoms with Crippen LogP contribution in [0.2, 0.25) is 0 Å². The van der Waals surface area contributed by atoms with Gasteiger partial charge in [-0.1, -0.05) is 12.1 Å². The van der Waals surface area contributed by atoms with Gasteiger partial charge >= 0.3 is 0 Å². The largest absolute Gasteiger partial charge is 0.391 e. The number of aliphatic hydroxyl groups is 1. The Balaban J connectivity index is 2.19. The lowest BCUT2D eigenvalue weighted by Gasteiger charge is -2.25. The van der Waals surface area contributed by atoms with Gasteiger partial charge in [-0.3, -0.25) is 0 Å². The second-order valence-electron chi connectivity index (χ2n) is 5.79. The van der Waals surface area contributed by atoms with E-state index >= 15 is 0 Å². The number of aliphatic hydroxyl groups excluding tert-OH is 1. The van der Waals surface area contributed by atoms with Gasteiger partial charge in [0, 0.05) is 12.5 Å². The maximum absolute atomic E-state index is 13.7. The minimum Gasteiger partial charge on any atom is -0.391 e. The van der Waals surface area contributed by atoms with E-state index in [0.717, 1.165) is 35.1 Å². The van der Waals surface area contributed by atoms with E-state index < -0.39 is 12.0 Å². The van der Waals surface area contributed by atoms with Crippen molar-refractivity contribution >= 4 is 0 Å². The number of nitrogens with one attached hydrogen (secondary N) is 1. The molecule has 0 bridgehead atoms. The van der Waals surface area contributed by atoms with Crippen LogP contribution in [0.25, 0.3) is 0 Å². The number of halogens is 2. The highest BCUT2D eigenvalue weighted by Gasteiger charge is 2.30. The summed E-state index contributed by atoms with van der Waals surface area (Å²) in [6.07, 6.45) is 0.776. The molecule has 0 saturated heterocycles. The van der Waals surface area contributed by atoms with Crippen molar-refractivity contribution in [2.75, 3.05) is 13.6 Å². The van der Waals surface area contributed by atoms with Gasteiger partial charge in [-0.25, -0.2) is 8.78 Å². The maximum atomic E-state index is 13.7. The SMILES string of the molecule is CNCC(O)C1c2cc(F)ccc2CCc2ccc(F)cc21. The molecule has 1 atom stereocenters. The molecule has 3 rings (SSSR count). The van der Waals surface area contributed by atoms with Crippen LogP contribution in [0, 0.1) is 11.6 Å². The van der Waals surface area contributed by atoms with Crippen LogP contribution in [0.1, 0.15) is 28.2 Å². The van der Waals surface area contributed by atoms with E-state index in [0.29, 0.717) is 6.54 Å². The number of rotatable bonds is 3. The van der Waals surface area contributed by atoms with Crippen molar-refractivity contribution in [1.82, 2.24) is 5.32 Å². The predicted molar refractivity (Wildman–Crippen MR) is 82.0 cm³/mol. The molecular weight excluding hydrogens is 284 g/mol. The Kier molecular flexibility index (Phi) is 4.23. The molecule has 1 unspecified atom stereocenters. The fraction of sp³-hybridized carbons (Fsp3) is 0.333. The Morgan fingerprint density at radius 3 is 2.00 bits per heavy atom. The number of likely N-dealkylation sites (N-methyl/N-ethyl adjacent to an activating group) is 1. The van der Waals surface area contributed by atoms with Crippen LogP contribution in [-0.4, -0.2) is 24.8 Å². The van der Waals surface area contributed by atoms with Crippen molar-refractivity contribution in [2.45, 2.75) is 24.9 Å². The van der Waals surface area contributed by atoms with Crippen molar-refractivity contribution in [1.29, 1.82) is 0 Å². The molecule has 22 heavy (non-hydrogen) atoms. The van der Waals surface area contributed by atoms with Gasteiger partial charge in [-0.2, -0.15) is 0 Å². The van der Waals surface area contributed by atoms with E-state index in [1.807, 2.05) is 0 Å². The van der Waals surface area contributed by atoms with Crippen LogP contribution >= 0.6 is 0 Å². The molecule has 0 fully saturated rings. The molecule has 0 amide bonds. The average Bonchev–Trinajstić information content (AvgIpc) is 2.63. The van der Waals surface area contributed by atoms with E-state index in [2.05, 4.69) is 5.32 Å². The van der Waals surface area contributed by atoms with Crippen LogP contribution in [0.5, 0.6) is 0 Å². The van der Waals surface area contributed by atoms with E-state index in [9.17, 15) is 13.9 Å². The lowest BCUT2D eigenvalue weighted by molar-refractivity contribution is 0.156. The highest BCUT2D eigenvalue weighted by Crippen LogP contribution is 2.37. The van der Waals surface area contributed by atoms with E-state index in [4.69, 9.17) is 0 Å². The van der Waals surface area contributed by atoms with Crippen molar-refractivity contribution < 1.29 is 13.9 Å². The first-order chi connectivity index (χ1) is 10.6. The first kappa shape index (κ1) is 15.1. The Morgan fingerprint density at radius 1 is 1.05 bits per heavy atom. The van der Waals surface area contributed by atoms with E-state index in [-0.39, 0.29) is 11.6 Å². The lowest BCUT2D eigenvalue weighted by atomic mass is 9.83. The normalized spacial score (nSPS) is 15.8. The summed E-state index contributed by atoms with van der Waals surface area (Å²) in [5.41, 5.74) is 3.54. The monoisotopic (exact) mass is 303 g/mol. The number of fused-ring (bicyclic) bond motifs is 2. The number of hydrogen-bond acceptors (Lipinski definition) is 2.